The summed E-state index contributed by atoms with van der Waals surface area (Å²) in [5.41, 5.74) is 3.56. The molecule has 0 atom stereocenters. The second-order valence-electron chi connectivity index (χ2n) is 7.60. The van der Waals surface area contributed by atoms with Crippen LogP contribution in [0.25, 0.3) is 32.6 Å². The molecule has 0 spiro atoms. The van der Waals surface area contributed by atoms with Gasteiger partial charge in [0.15, 0.2) is 5.82 Å². The van der Waals surface area contributed by atoms with E-state index in [4.69, 9.17) is 4.98 Å². The standard InChI is InChI=1S/C22H23FN4S/c1-14-20-21(17-5-4-16(23)13-18(17)25-14)27(11-8-15-6-9-24-10-7-15)22(26-20)19-3-2-12-28-19/h2-5,12-13,15,24H,6-11H2,1H3. The second kappa shape index (κ2) is 7.26. The number of rotatable bonds is 4. The van der Waals surface area contributed by atoms with Gasteiger partial charge < -0.3 is 9.88 Å². The van der Waals surface area contributed by atoms with Crippen molar-refractivity contribution in [1.29, 1.82) is 0 Å². The van der Waals surface area contributed by atoms with E-state index in [1.807, 2.05) is 13.0 Å². The third-order valence-electron chi connectivity index (χ3n) is 5.77. The Balaban J connectivity index is 1.69. The monoisotopic (exact) mass is 394 g/mol. The number of benzene rings is 1. The first-order valence-electron chi connectivity index (χ1n) is 9.91. The van der Waals surface area contributed by atoms with Crippen molar-refractivity contribution in [3.63, 3.8) is 0 Å². The molecule has 1 saturated heterocycles. The summed E-state index contributed by atoms with van der Waals surface area (Å²) in [4.78, 5) is 10.8. The van der Waals surface area contributed by atoms with Gasteiger partial charge in [0.1, 0.15) is 11.3 Å². The number of aromatic nitrogens is 3. The fourth-order valence-corrected chi connectivity index (χ4v) is 5.03. The van der Waals surface area contributed by atoms with E-state index in [9.17, 15) is 4.39 Å². The first kappa shape index (κ1) is 17.8. The van der Waals surface area contributed by atoms with Crippen molar-refractivity contribution in [3.05, 3.63) is 47.2 Å². The van der Waals surface area contributed by atoms with Crippen LogP contribution >= 0.6 is 11.3 Å². The maximum absolute atomic E-state index is 13.8. The Hall–Kier alpha value is -2.31. The lowest BCUT2D eigenvalue weighted by Crippen LogP contribution is -2.28. The van der Waals surface area contributed by atoms with E-state index in [0.29, 0.717) is 5.52 Å². The Morgan fingerprint density at radius 3 is 2.86 bits per heavy atom. The van der Waals surface area contributed by atoms with Gasteiger partial charge in [0.2, 0.25) is 0 Å². The van der Waals surface area contributed by atoms with E-state index in [2.05, 4.69) is 32.4 Å². The normalized spacial score (nSPS) is 15.6. The van der Waals surface area contributed by atoms with Gasteiger partial charge in [-0.1, -0.05) is 6.07 Å². The van der Waals surface area contributed by atoms with E-state index in [1.54, 1.807) is 11.3 Å². The molecule has 1 fully saturated rings. The molecule has 4 nitrogen and oxygen atoms in total. The lowest BCUT2D eigenvalue weighted by atomic mass is 9.94. The van der Waals surface area contributed by atoms with Gasteiger partial charge in [-0.25, -0.2) is 9.37 Å². The summed E-state index contributed by atoms with van der Waals surface area (Å²) in [5.74, 6) is 1.49. The smallest absolute Gasteiger partial charge is 0.151 e. The zero-order valence-corrected chi connectivity index (χ0v) is 16.7. The molecule has 6 heteroatoms. The van der Waals surface area contributed by atoms with E-state index in [-0.39, 0.29) is 5.82 Å². The average Bonchev–Trinajstić information content (AvgIpc) is 3.35. The zero-order chi connectivity index (χ0) is 19.1. The number of piperidine rings is 1. The fourth-order valence-electron chi connectivity index (χ4n) is 4.30. The molecular weight excluding hydrogens is 371 g/mol. The summed E-state index contributed by atoms with van der Waals surface area (Å²) < 4.78 is 16.2. The number of hydrogen-bond donors (Lipinski definition) is 1. The van der Waals surface area contributed by atoms with Crippen LogP contribution in [0.5, 0.6) is 0 Å². The Labute approximate surface area is 167 Å². The van der Waals surface area contributed by atoms with Crippen LogP contribution in [0, 0.1) is 18.7 Å². The minimum absolute atomic E-state index is 0.252. The molecule has 1 aliphatic heterocycles. The van der Waals surface area contributed by atoms with Crippen LogP contribution in [0.1, 0.15) is 25.0 Å². The fraction of sp³-hybridized carbons (Fsp3) is 0.364. The van der Waals surface area contributed by atoms with Gasteiger partial charge in [-0.05, 0) is 68.8 Å². The first-order valence-corrected chi connectivity index (χ1v) is 10.8. The maximum atomic E-state index is 13.8. The van der Waals surface area contributed by atoms with Crippen LogP contribution in [0.4, 0.5) is 4.39 Å². The van der Waals surface area contributed by atoms with Gasteiger partial charge in [-0.2, -0.15) is 0 Å². The number of pyridine rings is 1. The minimum Gasteiger partial charge on any atom is -0.323 e. The van der Waals surface area contributed by atoms with Crippen molar-refractivity contribution in [2.75, 3.05) is 13.1 Å². The Morgan fingerprint density at radius 1 is 1.21 bits per heavy atom. The largest absolute Gasteiger partial charge is 0.323 e. The van der Waals surface area contributed by atoms with Crippen molar-refractivity contribution in [3.8, 4) is 10.7 Å². The molecule has 3 aromatic heterocycles. The molecule has 0 amide bonds. The molecule has 4 aromatic rings. The molecule has 5 rings (SSSR count). The summed E-state index contributed by atoms with van der Waals surface area (Å²) >= 11 is 1.71. The van der Waals surface area contributed by atoms with Gasteiger partial charge in [0.05, 0.1) is 21.6 Å². The molecule has 4 heterocycles. The highest BCUT2D eigenvalue weighted by Gasteiger charge is 2.20. The van der Waals surface area contributed by atoms with Gasteiger partial charge in [0, 0.05) is 18.0 Å². The highest BCUT2D eigenvalue weighted by Crippen LogP contribution is 2.34. The van der Waals surface area contributed by atoms with Crippen LogP contribution in [-0.4, -0.2) is 27.6 Å². The topological polar surface area (TPSA) is 42.7 Å². The second-order valence-corrected chi connectivity index (χ2v) is 8.55. The number of imidazole rings is 1. The number of aryl methyl sites for hydroxylation is 2. The van der Waals surface area contributed by atoms with Crippen molar-refractivity contribution in [2.24, 2.45) is 5.92 Å². The number of nitrogens with one attached hydrogen (secondary N) is 1. The zero-order valence-electron chi connectivity index (χ0n) is 15.9. The van der Waals surface area contributed by atoms with Crippen molar-refractivity contribution < 1.29 is 4.39 Å². The third-order valence-corrected chi connectivity index (χ3v) is 6.64. The predicted octanol–water partition coefficient (Wildman–Crippen LogP) is 5.15. The Morgan fingerprint density at radius 2 is 2.07 bits per heavy atom. The minimum atomic E-state index is -0.252. The molecular formula is C22H23FN4S. The molecule has 1 aromatic carbocycles. The number of thiophene rings is 1. The lowest BCUT2D eigenvalue weighted by Gasteiger charge is -2.23. The molecule has 0 saturated carbocycles. The van der Waals surface area contributed by atoms with E-state index < -0.39 is 0 Å². The van der Waals surface area contributed by atoms with Crippen molar-refractivity contribution in [1.82, 2.24) is 19.9 Å². The van der Waals surface area contributed by atoms with Gasteiger partial charge in [-0.3, -0.25) is 4.98 Å². The van der Waals surface area contributed by atoms with Crippen LogP contribution in [-0.2, 0) is 6.54 Å². The molecule has 28 heavy (non-hydrogen) atoms. The third kappa shape index (κ3) is 3.10. The molecule has 0 radical (unpaired) electrons. The predicted molar refractivity (Wildman–Crippen MR) is 113 cm³/mol. The quantitative estimate of drug-likeness (QED) is 0.520. The summed E-state index contributed by atoms with van der Waals surface area (Å²) in [6, 6.07) is 9.08. The first-order chi connectivity index (χ1) is 13.7. The van der Waals surface area contributed by atoms with Crippen molar-refractivity contribution in [2.45, 2.75) is 32.7 Å². The number of halogens is 1. The number of hydrogen-bond acceptors (Lipinski definition) is 4. The van der Waals surface area contributed by atoms with Crippen LogP contribution in [0.3, 0.4) is 0 Å². The summed E-state index contributed by atoms with van der Waals surface area (Å²) in [7, 11) is 0. The average molecular weight is 395 g/mol. The number of nitrogens with zero attached hydrogens (tertiary/aromatic N) is 3. The Bertz CT molecular complexity index is 1130. The van der Waals surface area contributed by atoms with E-state index >= 15 is 0 Å². The van der Waals surface area contributed by atoms with Crippen molar-refractivity contribution >= 4 is 33.3 Å². The van der Waals surface area contributed by atoms with Gasteiger partial charge >= 0.3 is 0 Å². The van der Waals surface area contributed by atoms with E-state index in [1.165, 1.54) is 25.0 Å². The number of fused-ring (bicyclic) bond motifs is 3. The highest BCUT2D eigenvalue weighted by molar-refractivity contribution is 7.13. The summed E-state index contributed by atoms with van der Waals surface area (Å²) in [6.45, 7) is 5.11. The summed E-state index contributed by atoms with van der Waals surface area (Å²) in [5, 5.41) is 6.51. The summed E-state index contributed by atoms with van der Waals surface area (Å²) in [6.07, 6.45) is 3.59. The van der Waals surface area contributed by atoms with Crippen LogP contribution in [0.2, 0.25) is 0 Å². The SMILES string of the molecule is Cc1nc2cc(F)ccc2c2c1nc(-c1cccs1)n2CCC1CCNCC1. The lowest BCUT2D eigenvalue weighted by molar-refractivity contribution is 0.340. The molecule has 1 aliphatic rings. The Kier molecular flexibility index (Phi) is 4.61. The maximum Gasteiger partial charge on any atom is 0.151 e. The van der Waals surface area contributed by atoms with Gasteiger partial charge in [-0.15, -0.1) is 11.3 Å². The van der Waals surface area contributed by atoms with E-state index in [0.717, 1.165) is 64.8 Å². The van der Waals surface area contributed by atoms with Crippen LogP contribution < -0.4 is 5.32 Å². The highest BCUT2D eigenvalue weighted by atomic mass is 32.1. The molecule has 144 valence electrons. The molecule has 0 aliphatic carbocycles. The van der Waals surface area contributed by atoms with Gasteiger partial charge in [0.25, 0.3) is 0 Å². The molecule has 0 unspecified atom stereocenters. The molecule has 1 N–H and O–H groups in total. The van der Waals surface area contributed by atoms with Crippen LogP contribution in [0.15, 0.2) is 35.7 Å². The molecule has 0 bridgehead atoms.